The molecule has 33 heavy (non-hydrogen) atoms. The molecule has 2 aliphatic rings. The van der Waals surface area contributed by atoms with Gasteiger partial charge in [-0.15, -0.1) is 0 Å². The third kappa shape index (κ3) is 5.92. The highest BCUT2D eigenvalue weighted by molar-refractivity contribution is 5.98. The number of hydrogen-bond donors (Lipinski definition) is 2. The van der Waals surface area contributed by atoms with Crippen molar-refractivity contribution in [2.45, 2.75) is 32.6 Å². The van der Waals surface area contributed by atoms with Crippen molar-refractivity contribution in [1.29, 1.82) is 0 Å². The van der Waals surface area contributed by atoms with Gasteiger partial charge in [0.15, 0.2) is 0 Å². The lowest BCUT2D eigenvalue weighted by molar-refractivity contribution is -0.114. The maximum Gasteiger partial charge on any atom is 0.253 e. The van der Waals surface area contributed by atoms with Crippen LogP contribution in [0.2, 0.25) is 0 Å². The van der Waals surface area contributed by atoms with Crippen LogP contribution in [0.25, 0.3) is 0 Å². The summed E-state index contributed by atoms with van der Waals surface area (Å²) in [6.45, 7) is 5.51. The predicted octanol–water partition coefficient (Wildman–Crippen LogP) is 3.85. The molecule has 0 aliphatic carbocycles. The van der Waals surface area contributed by atoms with E-state index in [-0.39, 0.29) is 24.3 Å². The third-order valence-corrected chi connectivity index (χ3v) is 6.44. The van der Waals surface area contributed by atoms with E-state index >= 15 is 0 Å². The number of anilines is 2. The maximum absolute atomic E-state index is 12.8. The second-order valence-electron chi connectivity index (χ2n) is 9.03. The molecule has 0 radical (unpaired) electrons. The molecular weight excluding hydrogens is 416 g/mol. The van der Waals surface area contributed by atoms with Crippen molar-refractivity contribution in [3.63, 3.8) is 0 Å². The van der Waals surface area contributed by atoms with E-state index < -0.39 is 0 Å². The van der Waals surface area contributed by atoms with Gasteiger partial charge in [0, 0.05) is 48.7 Å². The molecule has 2 N–H and O–H groups in total. The number of amides is 3. The Hall–Kier alpha value is -3.35. The molecule has 2 saturated heterocycles. The fraction of sp³-hybridized carbons (Fsp3) is 0.423. The molecule has 0 saturated carbocycles. The number of benzene rings is 2. The van der Waals surface area contributed by atoms with Gasteiger partial charge in [0.05, 0.1) is 6.54 Å². The number of hydrogen-bond acceptors (Lipinski definition) is 4. The zero-order chi connectivity index (χ0) is 23.2. The Kier molecular flexibility index (Phi) is 7.27. The normalized spacial score (nSPS) is 16.5. The topological polar surface area (TPSA) is 81.8 Å². The average Bonchev–Trinajstić information content (AvgIpc) is 3.38. The summed E-state index contributed by atoms with van der Waals surface area (Å²) in [5.41, 5.74) is 2.63. The molecule has 7 nitrogen and oxygen atoms in total. The molecule has 0 unspecified atom stereocenters. The van der Waals surface area contributed by atoms with Crippen LogP contribution in [0.4, 0.5) is 11.4 Å². The van der Waals surface area contributed by atoms with Gasteiger partial charge in [0.1, 0.15) is 0 Å². The summed E-state index contributed by atoms with van der Waals surface area (Å²) in [6, 6.07) is 14.3. The lowest BCUT2D eigenvalue weighted by Gasteiger charge is -2.30. The van der Waals surface area contributed by atoms with Crippen molar-refractivity contribution in [1.82, 2.24) is 9.80 Å². The minimum atomic E-state index is -0.205. The molecular formula is C26H32N4O3. The van der Waals surface area contributed by atoms with Crippen LogP contribution in [0.1, 0.15) is 53.3 Å². The molecule has 2 fully saturated rings. The van der Waals surface area contributed by atoms with Crippen LogP contribution in [0, 0.1) is 5.92 Å². The second kappa shape index (κ2) is 10.5. The van der Waals surface area contributed by atoms with Crippen molar-refractivity contribution in [2.75, 3.05) is 43.4 Å². The van der Waals surface area contributed by atoms with Crippen molar-refractivity contribution >= 4 is 29.1 Å². The molecule has 2 aliphatic heterocycles. The molecule has 174 valence electrons. The van der Waals surface area contributed by atoms with Gasteiger partial charge in [0.25, 0.3) is 11.8 Å². The SMILES string of the molecule is CC1CCN(C(=O)c2cccc(NC(=O)CNc3ccc(C(=O)N4CCCC4)cc3)c2)CC1. The minimum Gasteiger partial charge on any atom is -0.376 e. The number of piperidine rings is 1. The van der Waals surface area contributed by atoms with E-state index in [0.29, 0.717) is 22.7 Å². The molecule has 4 rings (SSSR count). The zero-order valence-electron chi connectivity index (χ0n) is 19.2. The Bertz CT molecular complexity index is 991. The first-order chi connectivity index (χ1) is 16.0. The summed E-state index contributed by atoms with van der Waals surface area (Å²) < 4.78 is 0. The third-order valence-electron chi connectivity index (χ3n) is 6.44. The Morgan fingerprint density at radius 2 is 1.45 bits per heavy atom. The van der Waals surface area contributed by atoms with E-state index in [9.17, 15) is 14.4 Å². The number of nitrogens with zero attached hydrogens (tertiary/aromatic N) is 2. The Labute approximate surface area is 195 Å². The smallest absolute Gasteiger partial charge is 0.253 e. The fourth-order valence-electron chi connectivity index (χ4n) is 4.35. The largest absolute Gasteiger partial charge is 0.376 e. The lowest BCUT2D eigenvalue weighted by Crippen LogP contribution is -2.37. The first kappa shape index (κ1) is 22.8. The van der Waals surface area contributed by atoms with Gasteiger partial charge in [-0.05, 0) is 74.1 Å². The standard InChI is InChI=1S/C26H32N4O3/c1-19-11-15-30(16-12-19)26(33)21-5-4-6-23(17-21)28-24(31)18-27-22-9-7-20(8-10-22)25(32)29-13-2-3-14-29/h4-10,17,19,27H,2-3,11-16,18H2,1H3,(H,28,31). The lowest BCUT2D eigenvalue weighted by atomic mass is 9.98. The van der Waals surface area contributed by atoms with Gasteiger partial charge in [0.2, 0.25) is 5.91 Å². The van der Waals surface area contributed by atoms with E-state index in [1.807, 2.05) is 21.9 Å². The first-order valence-corrected chi connectivity index (χ1v) is 11.8. The highest BCUT2D eigenvalue weighted by Gasteiger charge is 2.22. The van der Waals surface area contributed by atoms with Gasteiger partial charge in [-0.25, -0.2) is 0 Å². The van der Waals surface area contributed by atoms with E-state index in [1.165, 1.54) is 0 Å². The van der Waals surface area contributed by atoms with Crippen LogP contribution >= 0.6 is 0 Å². The van der Waals surface area contributed by atoms with Gasteiger partial charge in [-0.3, -0.25) is 14.4 Å². The fourth-order valence-corrected chi connectivity index (χ4v) is 4.35. The maximum atomic E-state index is 12.8. The van der Waals surface area contributed by atoms with E-state index in [0.717, 1.165) is 57.5 Å². The number of carbonyl (C=O) groups is 3. The molecule has 2 heterocycles. The number of likely N-dealkylation sites (tertiary alicyclic amines) is 2. The summed E-state index contributed by atoms with van der Waals surface area (Å²) in [5.74, 6) is 0.530. The van der Waals surface area contributed by atoms with E-state index in [2.05, 4.69) is 17.6 Å². The van der Waals surface area contributed by atoms with Crippen LogP contribution in [0.3, 0.4) is 0 Å². The molecule has 7 heteroatoms. The molecule has 2 aromatic carbocycles. The van der Waals surface area contributed by atoms with E-state index in [1.54, 1.807) is 36.4 Å². The van der Waals surface area contributed by atoms with Crippen molar-refractivity contribution < 1.29 is 14.4 Å². The van der Waals surface area contributed by atoms with Crippen LogP contribution in [0.5, 0.6) is 0 Å². The van der Waals surface area contributed by atoms with Gasteiger partial charge in [-0.1, -0.05) is 13.0 Å². The number of nitrogens with one attached hydrogen (secondary N) is 2. The van der Waals surface area contributed by atoms with Gasteiger partial charge < -0.3 is 20.4 Å². The number of carbonyl (C=O) groups excluding carboxylic acids is 3. The van der Waals surface area contributed by atoms with Crippen molar-refractivity contribution in [2.24, 2.45) is 5.92 Å². The Morgan fingerprint density at radius 3 is 2.15 bits per heavy atom. The summed E-state index contributed by atoms with van der Waals surface area (Å²) in [6.07, 6.45) is 4.19. The quantitative estimate of drug-likeness (QED) is 0.703. The van der Waals surface area contributed by atoms with Crippen molar-refractivity contribution in [3.8, 4) is 0 Å². The highest BCUT2D eigenvalue weighted by Crippen LogP contribution is 2.20. The molecule has 3 amide bonds. The van der Waals surface area contributed by atoms with Crippen LogP contribution < -0.4 is 10.6 Å². The molecule has 0 atom stereocenters. The molecule has 2 aromatic rings. The second-order valence-corrected chi connectivity index (χ2v) is 9.03. The highest BCUT2D eigenvalue weighted by atomic mass is 16.2. The summed E-state index contributed by atoms with van der Waals surface area (Å²) >= 11 is 0. The molecule has 0 bridgehead atoms. The number of rotatable bonds is 6. The van der Waals surface area contributed by atoms with Gasteiger partial charge >= 0.3 is 0 Å². The summed E-state index contributed by atoms with van der Waals surface area (Å²) in [4.78, 5) is 41.4. The van der Waals surface area contributed by atoms with Crippen molar-refractivity contribution in [3.05, 3.63) is 59.7 Å². The summed E-state index contributed by atoms with van der Waals surface area (Å²) in [7, 11) is 0. The van der Waals surface area contributed by atoms with Gasteiger partial charge in [-0.2, -0.15) is 0 Å². The minimum absolute atomic E-state index is 0.0136. The van der Waals surface area contributed by atoms with Crippen LogP contribution in [-0.4, -0.2) is 60.2 Å². The summed E-state index contributed by atoms with van der Waals surface area (Å²) in [5, 5.41) is 5.93. The Balaban J connectivity index is 1.28. The average molecular weight is 449 g/mol. The monoisotopic (exact) mass is 448 g/mol. The van der Waals surface area contributed by atoms with E-state index in [4.69, 9.17) is 0 Å². The molecule has 0 aromatic heterocycles. The zero-order valence-corrected chi connectivity index (χ0v) is 19.2. The predicted molar refractivity (Wildman–Crippen MR) is 129 cm³/mol. The first-order valence-electron chi connectivity index (χ1n) is 11.8. The van der Waals surface area contributed by atoms with Crippen LogP contribution in [-0.2, 0) is 4.79 Å². The molecule has 0 spiro atoms. The van der Waals surface area contributed by atoms with Crippen LogP contribution in [0.15, 0.2) is 48.5 Å². The Morgan fingerprint density at radius 1 is 0.818 bits per heavy atom.